The summed E-state index contributed by atoms with van der Waals surface area (Å²) in [7, 11) is 7.98. The van der Waals surface area contributed by atoms with Crippen LogP contribution in [0.3, 0.4) is 0 Å². The molecule has 6 aromatic heterocycles. The molecule has 358 valence electrons. The lowest BCUT2D eigenvalue weighted by Gasteiger charge is -2.30. The molecule has 4 N–H and O–H groups in total. The van der Waals surface area contributed by atoms with Gasteiger partial charge in [-0.2, -0.15) is 10.2 Å². The number of aromatic nitrogens is 8. The van der Waals surface area contributed by atoms with Crippen molar-refractivity contribution in [3.8, 4) is 11.1 Å². The van der Waals surface area contributed by atoms with E-state index >= 15 is 0 Å². The Hall–Kier alpha value is -7.18. The van der Waals surface area contributed by atoms with Gasteiger partial charge in [-0.3, -0.25) is 44.6 Å². The number of likely N-dealkylation sites (tertiary alicyclic amines) is 1. The molecule has 2 fully saturated rings. The second-order valence-electron chi connectivity index (χ2n) is 17.8. The summed E-state index contributed by atoms with van der Waals surface area (Å²) in [6.07, 6.45) is 20.9. The van der Waals surface area contributed by atoms with Crippen LogP contribution in [0.15, 0.2) is 92.0 Å². The lowest BCUT2D eigenvalue weighted by molar-refractivity contribution is 0.101. The highest BCUT2D eigenvalue weighted by Gasteiger charge is 2.21. The molecule has 17 nitrogen and oxygen atoms in total. The van der Waals surface area contributed by atoms with Crippen LogP contribution in [-0.2, 0) is 24.4 Å². The minimum atomic E-state index is -0.285. The van der Waals surface area contributed by atoms with Gasteiger partial charge in [0.25, 0.3) is 11.8 Å². The average Bonchev–Trinajstić information content (AvgIpc) is 3.98. The fourth-order valence-electron chi connectivity index (χ4n) is 8.55. The van der Waals surface area contributed by atoms with E-state index in [2.05, 4.69) is 89.9 Å². The van der Waals surface area contributed by atoms with Gasteiger partial charge in [-0.15, -0.1) is 0 Å². The van der Waals surface area contributed by atoms with Crippen LogP contribution >= 0.6 is 0 Å². The van der Waals surface area contributed by atoms with Crippen molar-refractivity contribution in [2.24, 2.45) is 0 Å². The number of rotatable bonds is 13. The molecule has 69 heavy (non-hydrogen) atoms. The predicted octanol–water partition coefficient (Wildman–Crippen LogP) is 5.66. The first-order chi connectivity index (χ1) is 33.6. The van der Waals surface area contributed by atoms with Crippen molar-refractivity contribution in [3.05, 3.63) is 136 Å². The van der Waals surface area contributed by atoms with Gasteiger partial charge >= 0.3 is 0 Å². The lowest BCUT2D eigenvalue weighted by Crippen LogP contribution is -2.36. The van der Waals surface area contributed by atoms with Crippen molar-refractivity contribution >= 4 is 51.9 Å². The number of morpholine rings is 1. The van der Waals surface area contributed by atoms with E-state index in [1.807, 2.05) is 108 Å². The van der Waals surface area contributed by atoms with Crippen LogP contribution in [0.1, 0.15) is 75.8 Å². The zero-order valence-electron chi connectivity index (χ0n) is 40.4. The summed E-state index contributed by atoms with van der Waals surface area (Å²) in [6.45, 7) is 11.9. The fraction of sp³-hybridized carbons (Fsp3) is 0.346. The monoisotopic (exact) mass is 931 g/mol. The molecule has 17 heteroatoms. The Morgan fingerprint density at radius 1 is 0.696 bits per heavy atom. The molecule has 0 radical (unpaired) electrons. The fourth-order valence-corrected chi connectivity index (χ4v) is 8.55. The number of amides is 2. The predicted molar refractivity (Wildman–Crippen MR) is 271 cm³/mol. The number of ether oxygens (including phenoxy) is 1. The number of benzene rings is 1. The van der Waals surface area contributed by atoms with Gasteiger partial charge in [0.1, 0.15) is 0 Å². The van der Waals surface area contributed by atoms with Crippen molar-refractivity contribution in [2.75, 3.05) is 83.1 Å². The van der Waals surface area contributed by atoms with E-state index in [1.54, 1.807) is 18.6 Å². The summed E-state index contributed by atoms with van der Waals surface area (Å²) in [4.78, 5) is 52.4. The standard InChI is InChI=1S/C25H27N7O2.C25H29N7O.C2H6/c1-31(2)16-17-9-20(14-26-12-17)28-25(33)24-22-11-18(3-4-23(22)29-30-24)19-10-21(15-27-13-19)32-5-7-34-8-6-32;1-31(2)15-18-9-21(14-27-12-18)28-25(33)24-22-10-19(4-5-23(22)29-30-24)20-8-17(11-26-13-20)16-32-6-3-7-32;1-2/h3-4,9-15H,5-8,16H2,1-2H3,(H,28,33)(H,29,30);5,8-14,19,29H,3-4,6-7,15-16H2,1-2H3,(H,28,33);1-2H3. The molecule has 8 heterocycles. The summed E-state index contributed by atoms with van der Waals surface area (Å²) in [5, 5.41) is 22.9. The number of aromatic amines is 2. The van der Waals surface area contributed by atoms with Crippen molar-refractivity contribution < 1.29 is 14.3 Å². The molecule has 1 unspecified atom stereocenters. The van der Waals surface area contributed by atoms with E-state index in [9.17, 15) is 9.59 Å². The lowest BCUT2D eigenvalue weighted by atomic mass is 9.92. The summed E-state index contributed by atoms with van der Waals surface area (Å²) in [6, 6.07) is 14.2. The van der Waals surface area contributed by atoms with E-state index in [-0.39, 0.29) is 17.7 Å². The summed E-state index contributed by atoms with van der Waals surface area (Å²) >= 11 is 0. The summed E-state index contributed by atoms with van der Waals surface area (Å²) in [5.41, 5.74) is 10.3. The Balaban J connectivity index is 0.000000180. The quantitative estimate of drug-likeness (QED) is 0.111. The van der Waals surface area contributed by atoms with Gasteiger partial charge in [0.2, 0.25) is 0 Å². The number of nitrogens with one attached hydrogen (secondary N) is 4. The molecular formula is C52H62N14O3. The molecule has 2 amide bonds. The highest BCUT2D eigenvalue weighted by molar-refractivity contribution is 6.11. The molecule has 0 saturated carbocycles. The van der Waals surface area contributed by atoms with Gasteiger partial charge in [-0.25, -0.2) is 0 Å². The van der Waals surface area contributed by atoms with Gasteiger partial charge < -0.3 is 30.1 Å². The zero-order valence-corrected chi connectivity index (χ0v) is 40.4. The molecule has 0 spiro atoms. The van der Waals surface area contributed by atoms with Crippen LogP contribution in [0.25, 0.3) is 34.2 Å². The number of nitrogens with zero attached hydrogens (tertiary/aromatic N) is 10. The molecule has 3 aliphatic rings. The molecule has 7 aromatic rings. The van der Waals surface area contributed by atoms with Crippen molar-refractivity contribution in [1.82, 2.24) is 55.0 Å². The smallest absolute Gasteiger partial charge is 0.276 e. The Bertz CT molecular complexity index is 2990. The van der Waals surface area contributed by atoms with E-state index in [0.717, 1.165) is 115 Å². The maximum absolute atomic E-state index is 13.1. The molecule has 2 saturated heterocycles. The summed E-state index contributed by atoms with van der Waals surface area (Å²) < 4.78 is 5.46. The molecule has 0 bridgehead atoms. The second-order valence-corrected chi connectivity index (χ2v) is 17.8. The molecule has 1 aliphatic carbocycles. The van der Waals surface area contributed by atoms with Gasteiger partial charge in [-0.05, 0) is 112 Å². The maximum Gasteiger partial charge on any atom is 0.276 e. The van der Waals surface area contributed by atoms with Crippen molar-refractivity contribution in [3.63, 3.8) is 0 Å². The largest absolute Gasteiger partial charge is 0.378 e. The second kappa shape index (κ2) is 22.7. The number of carbonyl (C=O) groups is 2. The van der Waals surface area contributed by atoms with E-state index in [0.29, 0.717) is 22.8 Å². The number of hydrogen-bond donors (Lipinski definition) is 4. The first-order valence-corrected chi connectivity index (χ1v) is 23.6. The first kappa shape index (κ1) is 48.3. The summed E-state index contributed by atoms with van der Waals surface area (Å²) in [5.74, 6) is -0.366. The van der Waals surface area contributed by atoms with Gasteiger partial charge in [0, 0.05) is 85.8 Å². The van der Waals surface area contributed by atoms with Crippen LogP contribution in [0.2, 0.25) is 0 Å². The topological polar surface area (TPSA) is 189 Å². The van der Waals surface area contributed by atoms with E-state index in [1.165, 1.54) is 17.5 Å². The van der Waals surface area contributed by atoms with Crippen molar-refractivity contribution in [2.45, 2.75) is 52.2 Å². The highest BCUT2D eigenvalue weighted by atomic mass is 16.5. The molecule has 10 rings (SSSR count). The normalized spacial score (nSPS) is 15.4. The maximum atomic E-state index is 13.1. The Morgan fingerprint density at radius 2 is 1.33 bits per heavy atom. The first-order valence-electron chi connectivity index (χ1n) is 23.6. The van der Waals surface area contributed by atoms with E-state index in [4.69, 9.17) is 4.74 Å². The van der Waals surface area contributed by atoms with Crippen LogP contribution in [0.5, 0.6) is 0 Å². The number of fused-ring (bicyclic) bond motifs is 2. The van der Waals surface area contributed by atoms with E-state index < -0.39 is 0 Å². The van der Waals surface area contributed by atoms with Gasteiger partial charge in [-0.1, -0.05) is 38.1 Å². The van der Waals surface area contributed by atoms with Crippen LogP contribution < -0.4 is 26.1 Å². The minimum Gasteiger partial charge on any atom is -0.378 e. The third-order valence-electron chi connectivity index (χ3n) is 11.9. The Morgan fingerprint density at radius 3 is 2.00 bits per heavy atom. The number of pyridine rings is 4. The minimum absolute atomic E-state index is 0.163. The van der Waals surface area contributed by atoms with Gasteiger partial charge in [0.15, 0.2) is 11.4 Å². The zero-order chi connectivity index (χ0) is 48.3. The van der Waals surface area contributed by atoms with Gasteiger partial charge in [0.05, 0.1) is 59.7 Å². The molecule has 2 aliphatic heterocycles. The molecule has 1 aromatic carbocycles. The number of H-pyrrole nitrogens is 2. The average molecular weight is 931 g/mol. The highest BCUT2D eigenvalue weighted by Crippen LogP contribution is 2.29. The Labute approximate surface area is 402 Å². The molecular weight excluding hydrogens is 869 g/mol. The van der Waals surface area contributed by atoms with Crippen LogP contribution in [-0.4, -0.2) is 134 Å². The number of hydrogen-bond acceptors (Lipinski definition) is 13. The third-order valence-corrected chi connectivity index (χ3v) is 11.9. The van der Waals surface area contributed by atoms with Crippen LogP contribution in [0.4, 0.5) is 17.1 Å². The van der Waals surface area contributed by atoms with Crippen LogP contribution in [0, 0.1) is 0 Å². The number of carbonyl (C=O) groups excluding carboxylic acids is 2. The third kappa shape index (κ3) is 12.3. The number of anilines is 3. The van der Waals surface area contributed by atoms with Crippen molar-refractivity contribution in [1.29, 1.82) is 0 Å². The SMILES string of the molecule is CC.CN(C)Cc1cncc(NC(=O)c2n[nH]c3c2=CC(c2cncc(CN4CCC4)c2)CC=3)c1.CN(C)Cc1cncc(NC(=O)c2n[nH]c3ccc(-c4cncc(N5CCOCC5)c4)cc23)c1. The molecule has 1 atom stereocenters. The Kier molecular flexibility index (Phi) is 15.9.